The van der Waals surface area contributed by atoms with Crippen LogP contribution in [0.15, 0.2) is 65.1 Å². The molecule has 0 aromatic heterocycles. The lowest BCUT2D eigenvalue weighted by Gasteiger charge is -2.28. The van der Waals surface area contributed by atoms with Crippen molar-refractivity contribution >= 4 is 39.5 Å². The molecule has 0 amide bonds. The Morgan fingerprint density at radius 1 is 0.923 bits per heavy atom. The monoisotopic (exact) mass is 425 g/mol. The van der Waals surface area contributed by atoms with E-state index in [2.05, 4.69) is 99.3 Å². The van der Waals surface area contributed by atoms with E-state index >= 15 is 0 Å². The topological polar surface area (TPSA) is 3.24 Å². The second-order valence-electron chi connectivity index (χ2n) is 7.89. The van der Waals surface area contributed by atoms with E-state index in [-0.39, 0.29) is 0 Å². The summed E-state index contributed by atoms with van der Waals surface area (Å²) in [6.07, 6.45) is 10.5. The first-order valence-electron chi connectivity index (χ1n) is 9.68. The molecule has 2 aliphatic carbocycles. The molecule has 1 aliphatic heterocycles. The SMILES string of the molecule is Brc1ccc(N2CC(C3CC3)(C3CC3)SC2/C=C/c2ccccc2)cc1. The van der Waals surface area contributed by atoms with Crippen LogP contribution in [-0.2, 0) is 0 Å². The van der Waals surface area contributed by atoms with Crippen LogP contribution in [0.4, 0.5) is 5.69 Å². The number of hydrogen-bond donors (Lipinski definition) is 0. The molecule has 3 fully saturated rings. The van der Waals surface area contributed by atoms with Gasteiger partial charge in [-0.3, -0.25) is 0 Å². The van der Waals surface area contributed by atoms with Crippen LogP contribution in [0.2, 0.25) is 0 Å². The molecule has 0 N–H and O–H groups in total. The van der Waals surface area contributed by atoms with Gasteiger partial charge in [-0.05, 0) is 67.3 Å². The Kier molecular flexibility index (Phi) is 4.41. The number of halogens is 1. The van der Waals surface area contributed by atoms with Crippen molar-refractivity contribution in [3.8, 4) is 0 Å². The molecule has 2 aromatic rings. The fraction of sp³-hybridized carbons (Fsp3) is 0.391. The van der Waals surface area contributed by atoms with Crippen molar-refractivity contribution in [2.75, 3.05) is 11.4 Å². The number of rotatable bonds is 5. The summed E-state index contributed by atoms with van der Waals surface area (Å²) >= 11 is 5.83. The molecule has 1 heterocycles. The van der Waals surface area contributed by atoms with Gasteiger partial charge in [-0.25, -0.2) is 0 Å². The first-order chi connectivity index (χ1) is 12.7. The second-order valence-corrected chi connectivity index (χ2v) is 10.3. The van der Waals surface area contributed by atoms with Crippen LogP contribution in [0.1, 0.15) is 31.2 Å². The standard InChI is InChI=1S/C23H24BrNS/c24-20-11-13-21(14-12-20)25-16-23(18-7-8-18,19-9-10-19)26-22(25)15-6-17-4-2-1-3-5-17/h1-6,11-15,18-19,22H,7-10,16H2/b15-6+. The molecule has 0 spiro atoms. The van der Waals surface area contributed by atoms with Crippen LogP contribution < -0.4 is 4.90 Å². The Morgan fingerprint density at radius 2 is 1.58 bits per heavy atom. The van der Waals surface area contributed by atoms with E-state index in [1.807, 2.05) is 0 Å². The van der Waals surface area contributed by atoms with Gasteiger partial charge in [0.15, 0.2) is 0 Å². The number of anilines is 1. The summed E-state index contributed by atoms with van der Waals surface area (Å²) < 4.78 is 1.64. The average Bonchev–Trinajstić information content (AvgIpc) is 3.59. The van der Waals surface area contributed by atoms with Crippen LogP contribution in [0.5, 0.6) is 0 Å². The summed E-state index contributed by atoms with van der Waals surface area (Å²) in [7, 11) is 0. The van der Waals surface area contributed by atoms with E-state index in [0.29, 0.717) is 10.1 Å². The number of hydrogen-bond acceptors (Lipinski definition) is 2. The van der Waals surface area contributed by atoms with Crippen molar-refractivity contribution in [1.82, 2.24) is 0 Å². The summed E-state index contributed by atoms with van der Waals surface area (Å²) in [5, 5.41) is 0.428. The highest BCUT2D eigenvalue weighted by Crippen LogP contribution is 2.63. The van der Waals surface area contributed by atoms with Gasteiger partial charge in [0, 0.05) is 21.5 Å². The average molecular weight is 426 g/mol. The third-order valence-electron chi connectivity index (χ3n) is 6.01. The predicted octanol–water partition coefficient (Wildman–Crippen LogP) is 6.60. The van der Waals surface area contributed by atoms with Gasteiger partial charge in [-0.15, -0.1) is 11.8 Å². The second kappa shape index (κ2) is 6.76. The molecule has 2 saturated carbocycles. The smallest absolute Gasteiger partial charge is 0.0945 e. The summed E-state index contributed by atoms with van der Waals surface area (Å²) in [6.45, 7) is 1.21. The van der Waals surface area contributed by atoms with Crippen molar-refractivity contribution < 1.29 is 0 Å². The van der Waals surface area contributed by atoms with Gasteiger partial charge in [0.2, 0.25) is 0 Å². The normalized spacial score (nSPS) is 25.1. The Hall–Kier alpha value is -1.19. The maximum Gasteiger partial charge on any atom is 0.0945 e. The minimum atomic E-state index is 0.428. The highest BCUT2D eigenvalue weighted by molar-refractivity contribution is 9.10. The summed E-state index contributed by atoms with van der Waals surface area (Å²) in [5.74, 6) is 1.88. The minimum absolute atomic E-state index is 0.428. The maximum atomic E-state index is 3.58. The molecule has 1 nitrogen and oxygen atoms in total. The summed E-state index contributed by atoms with van der Waals surface area (Å²) in [4.78, 5) is 2.65. The summed E-state index contributed by atoms with van der Waals surface area (Å²) in [5.41, 5.74) is 2.64. The molecule has 0 radical (unpaired) electrons. The molecule has 3 heteroatoms. The van der Waals surface area contributed by atoms with E-state index in [4.69, 9.17) is 0 Å². The van der Waals surface area contributed by atoms with Crippen LogP contribution in [0, 0.1) is 11.8 Å². The van der Waals surface area contributed by atoms with Crippen LogP contribution >= 0.6 is 27.7 Å². The van der Waals surface area contributed by atoms with Gasteiger partial charge >= 0.3 is 0 Å². The highest BCUT2D eigenvalue weighted by Gasteiger charge is 2.59. The molecule has 1 saturated heterocycles. The molecular formula is C23H24BrNS. The molecule has 26 heavy (non-hydrogen) atoms. The zero-order valence-electron chi connectivity index (χ0n) is 14.9. The Balaban J connectivity index is 1.47. The van der Waals surface area contributed by atoms with Crippen LogP contribution in [0.3, 0.4) is 0 Å². The fourth-order valence-corrected chi connectivity index (χ4v) is 6.65. The quantitative estimate of drug-likeness (QED) is 0.530. The van der Waals surface area contributed by atoms with Crippen molar-refractivity contribution in [2.45, 2.75) is 35.8 Å². The van der Waals surface area contributed by atoms with E-state index in [1.165, 1.54) is 43.5 Å². The lowest BCUT2D eigenvalue weighted by Crippen LogP contribution is -2.36. The van der Waals surface area contributed by atoms with Gasteiger partial charge in [0.25, 0.3) is 0 Å². The lowest BCUT2D eigenvalue weighted by atomic mass is 9.95. The highest BCUT2D eigenvalue weighted by atomic mass is 79.9. The first-order valence-corrected chi connectivity index (χ1v) is 11.4. The Bertz CT molecular complexity index is 781. The van der Waals surface area contributed by atoms with Gasteiger partial charge in [-0.2, -0.15) is 0 Å². The molecule has 3 aliphatic rings. The van der Waals surface area contributed by atoms with Crippen LogP contribution in [-0.4, -0.2) is 16.7 Å². The summed E-state index contributed by atoms with van der Waals surface area (Å²) in [6, 6.07) is 19.6. The Morgan fingerprint density at radius 3 is 2.19 bits per heavy atom. The van der Waals surface area contributed by atoms with Crippen molar-refractivity contribution in [1.29, 1.82) is 0 Å². The van der Waals surface area contributed by atoms with Gasteiger partial charge in [0.1, 0.15) is 0 Å². The van der Waals surface area contributed by atoms with Crippen molar-refractivity contribution in [3.05, 3.63) is 70.7 Å². The zero-order chi connectivity index (χ0) is 17.6. The van der Waals surface area contributed by atoms with Gasteiger partial charge < -0.3 is 4.90 Å². The number of nitrogens with zero attached hydrogens (tertiary/aromatic N) is 1. The molecule has 2 aromatic carbocycles. The molecule has 5 rings (SSSR count). The minimum Gasteiger partial charge on any atom is -0.355 e. The first kappa shape index (κ1) is 16.9. The molecule has 1 atom stereocenters. The molecule has 134 valence electrons. The largest absolute Gasteiger partial charge is 0.355 e. The van der Waals surface area contributed by atoms with Gasteiger partial charge in [0.05, 0.1) is 5.37 Å². The number of benzene rings is 2. The predicted molar refractivity (Wildman–Crippen MR) is 117 cm³/mol. The van der Waals surface area contributed by atoms with E-state index in [1.54, 1.807) is 0 Å². The van der Waals surface area contributed by atoms with Crippen molar-refractivity contribution in [3.63, 3.8) is 0 Å². The molecule has 0 bridgehead atoms. The third-order valence-corrected chi connectivity index (χ3v) is 8.43. The lowest BCUT2D eigenvalue weighted by molar-refractivity contribution is 0.475. The fourth-order valence-electron chi connectivity index (χ4n) is 4.38. The zero-order valence-corrected chi connectivity index (χ0v) is 17.3. The van der Waals surface area contributed by atoms with Gasteiger partial charge in [-0.1, -0.05) is 58.4 Å². The third kappa shape index (κ3) is 3.25. The van der Waals surface area contributed by atoms with E-state index in [9.17, 15) is 0 Å². The molecule has 1 unspecified atom stereocenters. The molecular weight excluding hydrogens is 402 g/mol. The number of thioether (sulfide) groups is 1. The van der Waals surface area contributed by atoms with E-state index < -0.39 is 0 Å². The van der Waals surface area contributed by atoms with Crippen LogP contribution in [0.25, 0.3) is 6.08 Å². The Labute approximate surface area is 169 Å². The van der Waals surface area contributed by atoms with Crippen molar-refractivity contribution in [2.24, 2.45) is 11.8 Å². The maximum absolute atomic E-state index is 3.58. The van der Waals surface area contributed by atoms with E-state index in [0.717, 1.165) is 16.3 Å².